The van der Waals surface area contributed by atoms with Gasteiger partial charge in [0.15, 0.2) is 11.6 Å². The largest absolute Gasteiger partial charge is 0.505 e. The molecule has 0 heterocycles. The van der Waals surface area contributed by atoms with Crippen LogP contribution in [0, 0.1) is 11.6 Å². The third kappa shape index (κ3) is 1.79. The molecule has 0 bridgehead atoms. The van der Waals surface area contributed by atoms with E-state index in [1.807, 2.05) is 6.92 Å². The molecular weight excluding hydrogens is 210 g/mol. The van der Waals surface area contributed by atoms with Gasteiger partial charge in [-0.2, -0.15) is 4.39 Å². The van der Waals surface area contributed by atoms with E-state index in [9.17, 15) is 13.9 Å². The fraction of sp³-hybridized carbons (Fsp3) is 0.538. The lowest BCUT2D eigenvalue weighted by Crippen LogP contribution is -2.04. The standard InChI is InChI=1S/C13H16F2O/c1-2-9-10(8-5-3-4-6-8)7-11(16)13(15)12(9)14/h7-8,16H,2-6H2,1H3. The van der Waals surface area contributed by atoms with Crippen molar-refractivity contribution in [2.45, 2.75) is 44.9 Å². The van der Waals surface area contributed by atoms with Gasteiger partial charge in [0, 0.05) is 0 Å². The van der Waals surface area contributed by atoms with Crippen LogP contribution < -0.4 is 0 Å². The lowest BCUT2D eigenvalue weighted by atomic mass is 9.91. The minimum Gasteiger partial charge on any atom is -0.505 e. The van der Waals surface area contributed by atoms with Gasteiger partial charge in [-0.05, 0) is 42.4 Å². The summed E-state index contributed by atoms with van der Waals surface area (Å²) in [5.41, 5.74) is 1.23. The Balaban J connectivity index is 2.50. The Morgan fingerprint density at radius 2 is 1.88 bits per heavy atom. The van der Waals surface area contributed by atoms with Crippen LogP contribution in [0.25, 0.3) is 0 Å². The molecular formula is C13H16F2O. The zero-order valence-corrected chi connectivity index (χ0v) is 9.39. The second-order valence-electron chi connectivity index (χ2n) is 4.43. The Bertz CT molecular complexity index is 395. The third-order valence-corrected chi connectivity index (χ3v) is 3.47. The molecule has 2 rings (SSSR count). The van der Waals surface area contributed by atoms with Crippen molar-refractivity contribution in [3.05, 3.63) is 28.8 Å². The average molecular weight is 226 g/mol. The van der Waals surface area contributed by atoms with E-state index in [0.29, 0.717) is 12.0 Å². The van der Waals surface area contributed by atoms with E-state index >= 15 is 0 Å². The van der Waals surface area contributed by atoms with Crippen LogP contribution in [0.2, 0.25) is 0 Å². The first-order valence-electron chi connectivity index (χ1n) is 5.84. The van der Waals surface area contributed by atoms with Crippen molar-refractivity contribution in [3.8, 4) is 5.75 Å². The highest BCUT2D eigenvalue weighted by molar-refractivity contribution is 5.40. The molecule has 0 atom stereocenters. The number of phenols is 1. The Morgan fingerprint density at radius 1 is 1.25 bits per heavy atom. The zero-order valence-electron chi connectivity index (χ0n) is 9.39. The molecule has 1 N–H and O–H groups in total. The first-order chi connectivity index (χ1) is 7.65. The van der Waals surface area contributed by atoms with Crippen molar-refractivity contribution in [2.75, 3.05) is 0 Å². The van der Waals surface area contributed by atoms with E-state index in [4.69, 9.17) is 0 Å². The van der Waals surface area contributed by atoms with E-state index < -0.39 is 17.4 Å². The van der Waals surface area contributed by atoms with Gasteiger partial charge < -0.3 is 5.11 Å². The quantitative estimate of drug-likeness (QED) is 0.811. The van der Waals surface area contributed by atoms with Gasteiger partial charge in [-0.1, -0.05) is 19.8 Å². The van der Waals surface area contributed by atoms with E-state index in [0.717, 1.165) is 31.2 Å². The van der Waals surface area contributed by atoms with E-state index in [2.05, 4.69) is 0 Å². The van der Waals surface area contributed by atoms with Crippen molar-refractivity contribution in [1.82, 2.24) is 0 Å². The summed E-state index contributed by atoms with van der Waals surface area (Å²) < 4.78 is 26.9. The van der Waals surface area contributed by atoms with Crippen molar-refractivity contribution < 1.29 is 13.9 Å². The van der Waals surface area contributed by atoms with Crippen molar-refractivity contribution in [3.63, 3.8) is 0 Å². The van der Waals surface area contributed by atoms with Crippen LogP contribution in [-0.4, -0.2) is 5.11 Å². The van der Waals surface area contributed by atoms with Gasteiger partial charge in [-0.15, -0.1) is 0 Å². The topological polar surface area (TPSA) is 20.2 Å². The van der Waals surface area contributed by atoms with Gasteiger partial charge in [0.1, 0.15) is 0 Å². The molecule has 0 saturated heterocycles. The minimum absolute atomic E-state index is 0.288. The molecule has 1 aliphatic carbocycles. The lowest BCUT2D eigenvalue weighted by molar-refractivity contribution is 0.401. The summed E-state index contributed by atoms with van der Waals surface area (Å²) in [5.74, 6) is -2.25. The Morgan fingerprint density at radius 3 is 2.44 bits per heavy atom. The Labute approximate surface area is 94.1 Å². The van der Waals surface area contributed by atoms with Gasteiger partial charge in [0.25, 0.3) is 0 Å². The number of hydrogen-bond acceptors (Lipinski definition) is 1. The number of benzene rings is 1. The van der Waals surface area contributed by atoms with Crippen LogP contribution in [0.3, 0.4) is 0 Å². The highest BCUT2D eigenvalue weighted by atomic mass is 19.2. The second-order valence-corrected chi connectivity index (χ2v) is 4.43. The number of phenolic OH excluding ortho intramolecular Hbond substituents is 1. The molecule has 3 heteroatoms. The van der Waals surface area contributed by atoms with Crippen LogP contribution in [0.1, 0.15) is 49.7 Å². The summed E-state index contributed by atoms with van der Waals surface area (Å²) in [6.45, 7) is 1.81. The number of aromatic hydroxyl groups is 1. The van der Waals surface area contributed by atoms with E-state index in [-0.39, 0.29) is 5.92 Å². The summed E-state index contributed by atoms with van der Waals surface area (Å²) >= 11 is 0. The van der Waals surface area contributed by atoms with Gasteiger partial charge in [-0.3, -0.25) is 0 Å². The van der Waals surface area contributed by atoms with Crippen LogP contribution in [0.5, 0.6) is 5.75 Å². The van der Waals surface area contributed by atoms with Crippen LogP contribution in [0.4, 0.5) is 8.78 Å². The summed E-state index contributed by atoms with van der Waals surface area (Å²) in [7, 11) is 0. The summed E-state index contributed by atoms with van der Waals surface area (Å²) in [6.07, 6.45) is 4.76. The molecule has 16 heavy (non-hydrogen) atoms. The molecule has 0 radical (unpaired) electrons. The normalized spacial score (nSPS) is 16.9. The molecule has 0 amide bonds. The predicted molar refractivity (Wildman–Crippen MR) is 58.6 cm³/mol. The minimum atomic E-state index is -1.11. The summed E-state index contributed by atoms with van der Waals surface area (Å²) in [6, 6.07) is 1.41. The monoisotopic (exact) mass is 226 g/mol. The molecule has 1 saturated carbocycles. The highest BCUT2D eigenvalue weighted by Gasteiger charge is 2.24. The van der Waals surface area contributed by atoms with E-state index in [1.54, 1.807) is 0 Å². The van der Waals surface area contributed by atoms with E-state index in [1.165, 1.54) is 6.07 Å². The third-order valence-electron chi connectivity index (χ3n) is 3.47. The molecule has 1 nitrogen and oxygen atoms in total. The first-order valence-corrected chi connectivity index (χ1v) is 5.84. The van der Waals surface area contributed by atoms with Gasteiger partial charge in [-0.25, -0.2) is 4.39 Å². The fourth-order valence-electron chi connectivity index (χ4n) is 2.63. The van der Waals surface area contributed by atoms with Crippen LogP contribution in [0.15, 0.2) is 6.07 Å². The van der Waals surface area contributed by atoms with Gasteiger partial charge in [0.05, 0.1) is 0 Å². The Kier molecular flexibility index (Phi) is 3.13. The second kappa shape index (κ2) is 4.40. The van der Waals surface area contributed by atoms with Crippen molar-refractivity contribution in [2.24, 2.45) is 0 Å². The maximum Gasteiger partial charge on any atom is 0.200 e. The molecule has 1 aromatic carbocycles. The molecule has 1 aliphatic rings. The number of rotatable bonds is 2. The SMILES string of the molecule is CCc1c(C2CCCC2)cc(O)c(F)c1F. The summed E-state index contributed by atoms with van der Waals surface area (Å²) in [5, 5.41) is 9.35. The molecule has 1 aromatic rings. The maximum atomic E-state index is 13.6. The predicted octanol–water partition coefficient (Wildman–Crippen LogP) is 3.89. The Hall–Kier alpha value is -1.12. The van der Waals surface area contributed by atoms with Crippen LogP contribution >= 0.6 is 0 Å². The summed E-state index contributed by atoms with van der Waals surface area (Å²) in [4.78, 5) is 0. The number of hydrogen-bond donors (Lipinski definition) is 1. The molecule has 0 unspecified atom stereocenters. The molecule has 0 aliphatic heterocycles. The fourth-order valence-corrected chi connectivity index (χ4v) is 2.63. The smallest absolute Gasteiger partial charge is 0.200 e. The first kappa shape index (κ1) is 11.4. The molecule has 88 valence electrons. The number of halogens is 2. The van der Waals surface area contributed by atoms with Crippen molar-refractivity contribution in [1.29, 1.82) is 0 Å². The molecule has 0 spiro atoms. The molecule has 0 aromatic heterocycles. The van der Waals surface area contributed by atoms with Crippen molar-refractivity contribution >= 4 is 0 Å². The maximum absolute atomic E-state index is 13.6. The lowest BCUT2D eigenvalue weighted by Gasteiger charge is -2.16. The average Bonchev–Trinajstić information content (AvgIpc) is 2.79. The van der Waals surface area contributed by atoms with Gasteiger partial charge >= 0.3 is 0 Å². The van der Waals surface area contributed by atoms with Crippen LogP contribution in [-0.2, 0) is 6.42 Å². The van der Waals surface area contributed by atoms with Gasteiger partial charge in [0.2, 0.25) is 5.82 Å². The molecule has 1 fully saturated rings. The highest BCUT2D eigenvalue weighted by Crippen LogP contribution is 2.39. The zero-order chi connectivity index (χ0) is 11.7.